The summed E-state index contributed by atoms with van der Waals surface area (Å²) in [5, 5.41) is 4.96. The Hall–Kier alpha value is -2.87. The van der Waals surface area contributed by atoms with Crippen molar-refractivity contribution in [3.63, 3.8) is 0 Å². The number of ether oxygens (including phenoxy) is 1. The van der Waals surface area contributed by atoms with Gasteiger partial charge >= 0.3 is 6.09 Å². The lowest BCUT2D eigenvalue weighted by atomic mass is 10.3. The number of fused-ring (bicyclic) bond motifs is 1. The van der Waals surface area contributed by atoms with Crippen LogP contribution in [0.4, 0.5) is 4.79 Å². The summed E-state index contributed by atoms with van der Waals surface area (Å²) in [6.07, 6.45) is 1.84. The average Bonchev–Trinajstić information content (AvgIpc) is 2.95. The van der Waals surface area contributed by atoms with Crippen molar-refractivity contribution in [3.05, 3.63) is 52.2 Å². The molecule has 3 rings (SSSR count). The number of carbonyl (C=O) groups excluding carboxylic acids is 1. The molecule has 2 heterocycles. The number of nitrogens with zero attached hydrogens (tertiary/aromatic N) is 4. The number of hydrogen-bond acceptors (Lipinski definition) is 5. The van der Waals surface area contributed by atoms with Crippen molar-refractivity contribution >= 4 is 28.7 Å². The zero-order valence-corrected chi connectivity index (χ0v) is 12.8. The van der Waals surface area contributed by atoms with Crippen LogP contribution in [0.25, 0.3) is 16.7 Å². The van der Waals surface area contributed by atoms with Crippen LogP contribution in [0, 0.1) is 0 Å². The van der Waals surface area contributed by atoms with Gasteiger partial charge in [-0.3, -0.25) is 4.79 Å². The van der Waals surface area contributed by atoms with Gasteiger partial charge in [0.2, 0.25) is 0 Å². The van der Waals surface area contributed by atoms with Crippen LogP contribution in [0.15, 0.2) is 41.6 Å². The molecule has 0 saturated carbocycles. The van der Waals surface area contributed by atoms with Gasteiger partial charge in [-0.25, -0.2) is 24.6 Å². The molecule has 23 heavy (non-hydrogen) atoms. The topological polar surface area (TPSA) is 91.0 Å². The Morgan fingerprint density at radius 2 is 2.26 bits per heavy atom. The van der Waals surface area contributed by atoms with Crippen LogP contribution in [0.2, 0.25) is 5.02 Å². The first-order valence-corrected chi connectivity index (χ1v) is 7.13. The summed E-state index contributed by atoms with van der Waals surface area (Å²) in [5.74, 6) is 0. The molecule has 9 heteroatoms. The van der Waals surface area contributed by atoms with E-state index in [0.29, 0.717) is 16.4 Å². The van der Waals surface area contributed by atoms with Crippen molar-refractivity contribution in [2.45, 2.75) is 6.92 Å². The second kappa shape index (κ2) is 6.09. The molecule has 0 aliphatic rings. The summed E-state index contributed by atoms with van der Waals surface area (Å²) in [6.45, 7) is 1.86. The number of carbonyl (C=O) groups is 1. The van der Waals surface area contributed by atoms with E-state index in [9.17, 15) is 9.59 Å². The summed E-state index contributed by atoms with van der Waals surface area (Å²) >= 11 is 5.97. The number of benzene rings is 1. The average molecular weight is 334 g/mol. The van der Waals surface area contributed by atoms with E-state index < -0.39 is 11.7 Å². The van der Waals surface area contributed by atoms with E-state index in [1.807, 2.05) is 0 Å². The zero-order valence-electron chi connectivity index (χ0n) is 12.1. The second-order valence-electron chi connectivity index (χ2n) is 4.53. The lowest BCUT2D eigenvalue weighted by Crippen LogP contribution is -2.33. The van der Waals surface area contributed by atoms with Crippen molar-refractivity contribution < 1.29 is 9.53 Å². The molecular formula is C14H12ClN5O3. The van der Waals surface area contributed by atoms with Crippen LogP contribution >= 0.6 is 11.6 Å². The molecule has 0 aliphatic carbocycles. The van der Waals surface area contributed by atoms with Crippen molar-refractivity contribution in [1.82, 2.24) is 19.4 Å². The monoisotopic (exact) mass is 333 g/mol. The maximum Gasteiger partial charge on any atom is 0.426 e. The molecule has 1 amide bonds. The maximum absolute atomic E-state index is 12.4. The summed E-state index contributed by atoms with van der Waals surface area (Å²) in [6, 6.07) is 7.01. The number of hydrogen-bond donors (Lipinski definition) is 1. The fourth-order valence-corrected chi connectivity index (χ4v) is 2.23. The highest BCUT2D eigenvalue weighted by Crippen LogP contribution is 2.17. The summed E-state index contributed by atoms with van der Waals surface area (Å²) in [4.78, 5) is 27.9. The van der Waals surface area contributed by atoms with Gasteiger partial charge in [0.05, 0.1) is 18.5 Å². The van der Waals surface area contributed by atoms with E-state index >= 15 is 0 Å². The molecule has 0 atom stereocenters. The minimum atomic E-state index is -0.738. The molecule has 0 spiro atoms. The van der Waals surface area contributed by atoms with Crippen LogP contribution in [0.1, 0.15) is 6.92 Å². The van der Waals surface area contributed by atoms with E-state index in [0.717, 1.165) is 4.68 Å². The lowest BCUT2D eigenvalue weighted by Gasteiger charge is -2.07. The molecule has 0 fully saturated rings. The van der Waals surface area contributed by atoms with Gasteiger partial charge in [0.1, 0.15) is 11.7 Å². The number of rotatable bonds is 3. The molecular weight excluding hydrogens is 322 g/mol. The van der Waals surface area contributed by atoms with E-state index in [1.165, 1.54) is 17.2 Å². The molecule has 0 radical (unpaired) electrons. The standard InChI is InChI=1S/C14H12ClN5O3/c1-2-23-14(22)18-19-8-16-12-11(13(19)21)7-17-20(12)10-5-3-4-9(15)6-10/h3-8H,2H2,1H3,(H,18,22). The van der Waals surface area contributed by atoms with Gasteiger partial charge in [-0.15, -0.1) is 0 Å². The summed E-state index contributed by atoms with van der Waals surface area (Å²) < 4.78 is 7.17. The molecule has 2 aromatic heterocycles. The van der Waals surface area contributed by atoms with Crippen molar-refractivity contribution in [1.29, 1.82) is 0 Å². The van der Waals surface area contributed by atoms with Gasteiger partial charge in [0.25, 0.3) is 5.56 Å². The van der Waals surface area contributed by atoms with Gasteiger partial charge in [-0.05, 0) is 25.1 Å². The molecule has 1 N–H and O–H groups in total. The van der Waals surface area contributed by atoms with Crippen molar-refractivity contribution in [3.8, 4) is 5.69 Å². The Balaban J connectivity index is 2.04. The smallest absolute Gasteiger partial charge is 0.426 e. The Kier molecular flexibility index (Phi) is 3.98. The molecule has 0 aliphatic heterocycles. The van der Waals surface area contributed by atoms with E-state index in [4.69, 9.17) is 16.3 Å². The van der Waals surface area contributed by atoms with Crippen molar-refractivity contribution in [2.24, 2.45) is 0 Å². The predicted molar refractivity (Wildman–Crippen MR) is 84.5 cm³/mol. The van der Waals surface area contributed by atoms with Crippen LogP contribution < -0.4 is 11.0 Å². The third kappa shape index (κ3) is 2.88. The second-order valence-corrected chi connectivity index (χ2v) is 4.96. The lowest BCUT2D eigenvalue weighted by molar-refractivity contribution is 0.164. The number of nitrogens with one attached hydrogen (secondary N) is 1. The molecule has 0 saturated heterocycles. The third-order valence-electron chi connectivity index (χ3n) is 3.03. The molecule has 1 aromatic carbocycles. The Bertz CT molecular complexity index is 934. The first-order valence-electron chi connectivity index (χ1n) is 6.75. The fraction of sp³-hybridized carbons (Fsp3) is 0.143. The third-order valence-corrected chi connectivity index (χ3v) is 3.26. The largest absolute Gasteiger partial charge is 0.449 e. The first kappa shape index (κ1) is 15.0. The SMILES string of the molecule is CCOC(=O)Nn1cnc2c(cnn2-c2cccc(Cl)c2)c1=O. The minimum absolute atomic E-state index is 0.197. The van der Waals surface area contributed by atoms with Crippen LogP contribution in [0.5, 0.6) is 0 Å². The molecule has 8 nitrogen and oxygen atoms in total. The Morgan fingerprint density at radius 1 is 1.43 bits per heavy atom. The normalized spacial score (nSPS) is 10.7. The molecule has 0 unspecified atom stereocenters. The molecule has 3 aromatic rings. The van der Waals surface area contributed by atoms with Crippen LogP contribution in [0.3, 0.4) is 0 Å². The minimum Gasteiger partial charge on any atom is -0.449 e. The highest BCUT2D eigenvalue weighted by Gasteiger charge is 2.13. The van der Waals surface area contributed by atoms with Gasteiger partial charge in [0.15, 0.2) is 5.65 Å². The number of amides is 1. The van der Waals surface area contributed by atoms with Gasteiger partial charge in [-0.2, -0.15) is 5.10 Å². The van der Waals surface area contributed by atoms with E-state index in [-0.39, 0.29) is 12.0 Å². The Labute approximate surface area is 135 Å². The fourth-order valence-electron chi connectivity index (χ4n) is 2.05. The number of aromatic nitrogens is 4. The number of halogens is 1. The van der Waals surface area contributed by atoms with Crippen LogP contribution in [-0.4, -0.2) is 32.1 Å². The summed E-state index contributed by atoms with van der Waals surface area (Å²) in [5.41, 5.74) is 2.86. The maximum atomic E-state index is 12.4. The van der Waals surface area contributed by atoms with Crippen molar-refractivity contribution in [2.75, 3.05) is 12.0 Å². The van der Waals surface area contributed by atoms with Gasteiger partial charge in [-0.1, -0.05) is 17.7 Å². The highest BCUT2D eigenvalue weighted by molar-refractivity contribution is 6.30. The molecule has 118 valence electrons. The highest BCUT2D eigenvalue weighted by atomic mass is 35.5. The van der Waals surface area contributed by atoms with Gasteiger partial charge in [0, 0.05) is 5.02 Å². The predicted octanol–water partition coefficient (Wildman–Crippen LogP) is 1.94. The van der Waals surface area contributed by atoms with Gasteiger partial charge < -0.3 is 4.74 Å². The first-order chi connectivity index (χ1) is 11.1. The van der Waals surface area contributed by atoms with E-state index in [1.54, 1.807) is 31.2 Å². The van der Waals surface area contributed by atoms with E-state index in [2.05, 4.69) is 15.5 Å². The Morgan fingerprint density at radius 3 is 3.00 bits per heavy atom. The quantitative estimate of drug-likeness (QED) is 0.791. The zero-order chi connectivity index (χ0) is 16.4. The molecule has 0 bridgehead atoms. The van der Waals surface area contributed by atoms with Crippen LogP contribution in [-0.2, 0) is 4.74 Å². The summed E-state index contributed by atoms with van der Waals surface area (Å²) in [7, 11) is 0.